The first-order chi connectivity index (χ1) is 11.4. The fraction of sp³-hybridized carbons (Fsp3) is 0.667. The maximum absolute atomic E-state index is 10.6. The van der Waals surface area contributed by atoms with E-state index in [1.54, 1.807) is 0 Å². The number of benzene rings is 1. The molecule has 0 amide bonds. The maximum Gasteiger partial charge on any atom is 0.303 e. The second-order valence-corrected chi connectivity index (χ2v) is 7.44. The lowest BCUT2D eigenvalue weighted by Crippen LogP contribution is -2.21. The quantitative estimate of drug-likeness (QED) is 0.546. The van der Waals surface area contributed by atoms with Crippen molar-refractivity contribution in [1.82, 2.24) is 0 Å². The fourth-order valence-electron chi connectivity index (χ4n) is 3.48. The Hall–Kier alpha value is -1.35. The first-order valence-electron chi connectivity index (χ1n) is 9.43. The summed E-state index contributed by atoms with van der Waals surface area (Å²) in [7, 11) is 0. The molecule has 0 saturated heterocycles. The molecule has 0 fully saturated rings. The molecule has 3 nitrogen and oxygen atoms in total. The van der Waals surface area contributed by atoms with Gasteiger partial charge in [-0.25, -0.2) is 0 Å². The summed E-state index contributed by atoms with van der Waals surface area (Å²) in [4.78, 5) is 10.6. The number of carboxylic acid groups (broad SMARTS) is 1. The van der Waals surface area contributed by atoms with E-state index >= 15 is 0 Å². The Morgan fingerprint density at radius 2 is 1.67 bits per heavy atom. The molecule has 2 atom stereocenters. The molecule has 0 spiro atoms. The number of rotatable bonds is 12. The average molecular weight is 334 g/mol. The molecule has 0 saturated carbocycles. The van der Waals surface area contributed by atoms with E-state index in [4.69, 9.17) is 10.8 Å². The minimum absolute atomic E-state index is 0.248. The first-order valence-corrected chi connectivity index (χ1v) is 9.43. The number of unbranched alkanes of at least 4 members (excludes halogenated alkanes) is 1. The largest absolute Gasteiger partial charge is 0.481 e. The summed E-state index contributed by atoms with van der Waals surface area (Å²) in [5.41, 5.74) is 8.23. The predicted octanol–water partition coefficient (Wildman–Crippen LogP) is 4.67. The summed E-state index contributed by atoms with van der Waals surface area (Å²) in [5.74, 6) is 1.37. The number of carboxylic acids is 1. The third-order valence-electron chi connectivity index (χ3n) is 5.05. The molecule has 3 N–H and O–H groups in total. The van der Waals surface area contributed by atoms with E-state index in [1.807, 2.05) is 0 Å². The van der Waals surface area contributed by atoms with Crippen molar-refractivity contribution in [3.8, 4) is 0 Å². The van der Waals surface area contributed by atoms with Crippen molar-refractivity contribution in [1.29, 1.82) is 0 Å². The lowest BCUT2D eigenvalue weighted by atomic mass is 9.78. The first kappa shape index (κ1) is 20.7. The summed E-state index contributed by atoms with van der Waals surface area (Å²) in [6.07, 6.45) is 6.53. The second-order valence-electron chi connectivity index (χ2n) is 7.44. The van der Waals surface area contributed by atoms with Crippen LogP contribution in [0, 0.1) is 17.8 Å². The van der Waals surface area contributed by atoms with Crippen LogP contribution in [-0.2, 0) is 17.6 Å². The molecule has 1 aromatic carbocycles. The minimum atomic E-state index is -0.713. The van der Waals surface area contributed by atoms with Crippen molar-refractivity contribution in [2.75, 3.05) is 6.54 Å². The van der Waals surface area contributed by atoms with Gasteiger partial charge < -0.3 is 10.8 Å². The van der Waals surface area contributed by atoms with Crippen LogP contribution >= 0.6 is 0 Å². The van der Waals surface area contributed by atoms with E-state index in [0.29, 0.717) is 24.2 Å². The van der Waals surface area contributed by atoms with Gasteiger partial charge >= 0.3 is 5.97 Å². The molecule has 24 heavy (non-hydrogen) atoms. The molecule has 2 unspecified atom stereocenters. The van der Waals surface area contributed by atoms with Crippen LogP contribution in [0.25, 0.3) is 0 Å². The molecular formula is C21H35NO2. The lowest BCUT2D eigenvalue weighted by Gasteiger charge is -2.28. The molecule has 0 radical (unpaired) electrons. The van der Waals surface area contributed by atoms with Gasteiger partial charge in [0.25, 0.3) is 0 Å². The third-order valence-corrected chi connectivity index (χ3v) is 5.05. The van der Waals surface area contributed by atoms with Gasteiger partial charge in [0, 0.05) is 6.42 Å². The number of carbonyl (C=O) groups is 1. The SMILES string of the molecule is CC(C)C(Cc1ccc(CCCC(=O)O)cc1)C(C)CCCCN. The molecule has 0 aliphatic carbocycles. The molecule has 0 aliphatic heterocycles. The standard InChI is InChI=1S/C21H35NO2/c1-16(2)20(17(3)7-4-5-14-22)15-19-12-10-18(11-13-19)8-6-9-21(23)24/h10-13,16-17,20H,4-9,14-15,22H2,1-3H3,(H,23,24). The van der Waals surface area contributed by atoms with Gasteiger partial charge in [-0.3, -0.25) is 4.79 Å². The fourth-order valence-corrected chi connectivity index (χ4v) is 3.48. The van der Waals surface area contributed by atoms with Crippen molar-refractivity contribution in [3.63, 3.8) is 0 Å². The zero-order chi connectivity index (χ0) is 17.9. The van der Waals surface area contributed by atoms with E-state index in [0.717, 1.165) is 25.8 Å². The van der Waals surface area contributed by atoms with E-state index in [-0.39, 0.29) is 6.42 Å². The molecule has 0 heterocycles. The van der Waals surface area contributed by atoms with Gasteiger partial charge in [0.05, 0.1) is 0 Å². The summed E-state index contributed by atoms with van der Waals surface area (Å²) in [5, 5.41) is 8.71. The van der Waals surface area contributed by atoms with E-state index in [1.165, 1.54) is 24.0 Å². The topological polar surface area (TPSA) is 63.3 Å². The zero-order valence-electron chi connectivity index (χ0n) is 15.6. The Balaban J connectivity index is 2.55. The van der Waals surface area contributed by atoms with Gasteiger partial charge in [-0.1, -0.05) is 57.9 Å². The van der Waals surface area contributed by atoms with Gasteiger partial charge in [-0.05, 0) is 61.1 Å². The van der Waals surface area contributed by atoms with Crippen LogP contribution in [0.4, 0.5) is 0 Å². The van der Waals surface area contributed by atoms with Gasteiger partial charge in [-0.15, -0.1) is 0 Å². The van der Waals surface area contributed by atoms with Crippen LogP contribution < -0.4 is 5.73 Å². The van der Waals surface area contributed by atoms with Crippen molar-refractivity contribution < 1.29 is 9.90 Å². The lowest BCUT2D eigenvalue weighted by molar-refractivity contribution is -0.137. The van der Waals surface area contributed by atoms with Crippen LogP contribution in [0.2, 0.25) is 0 Å². The number of aryl methyl sites for hydroxylation is 1. The van der Waals surface area contributed by atoms with Crippen LogP contribution in [0.1, 0.15) is 64.0 Å². The van der Waals surface area contributed by atoms with Gasteiger partial charge in [0.1, 0.15) is 0 Å². The van der Waals surface area contributed by atoms with E-state index in [9.17, 15) is 4.79 Å². The normalized spacial score (nSPS) is 13.9. The minimum Gasteiger partial charge on any atom is -0.481 e. The van der Waals surface area contributed by atoms with Crippen LogP contribution in [0.5, 0.6) is 0 Å². The second kappa shape index (κ2) is 11.2. The molecule has 1 aromatic rings. The van der Waals surface area contributed by atoms with Gasteiger partial charge in [0.2, 0.25) is 0 Å². The highest BCUT2D eigenvalue weighted by atomic mass is 16.4. The van der Waals surface area contributed by atoms with E-state index in [2.05, 4.69) is 45.0 Å². The monoisotopic (exact) mass is 333 g/mol. The smallest absolute Gasteiger partial charge is 0.303 e. The number of nitrogens with two attached hydrogens (primary N) is 1. The van der Waals surface area contributed by atoms with Crippen LogP contribution in [-0.4, -0.2) is 17.6 Å². The molecule has 0 aliphatic rings. The highest BCUT2D eigenvalue weighted by molar-refractivity contribution is 5.66. The number of aliphatic carboxylic acids is 1. The van der Waals surface area contributed by atoms with Crippen LogP contribution in [0.3, 0.4) is 0 Å². The third kappa shape index (κ3) is 7.96. The Morgan fingerprint density at radius 1 is 1.04 bits per heavy atom. The highest BCUT2D eigenvalue weighted by Crippen LogP contribution is 2.29. The van der Waals surface area contributed by atoms with E-state index < -0.39 is 5.97 Å². The van der Waals surface area contributed by atoms with Crippen molar-refractivity contribution in [2.45, 2.75) is 65.7 Å². The molecule has 1 rings (SSSR count). The molecule has 136 valence electrons. The average Bonchev–Trinajstić information content (AvgIpc) is 2.53. The molecular weight excluding hydrogens is 298 g/mol. The predicted molar refractivity (Wildman–Crippen MR) is 101 cm³/mol. The molecule has 0 aromatic heterocycles. The Morgan fingerprint density at radius 3 is 2.21 bits per heavy atom. The summed E-state index contributed by atoms with van der Waals surface area (Å²) in [6.45, 7) is 7.82. The summed E-state index contributed by atoms with van der Waals surface area (Å²) < 4.78 is 0. The van der Waals surface area contributed by atoms with Crippen LogP contribution in [0.15, 0.2) is 24.3 Å². The van der Waals surface area contributed by atoms with Crippen molar-refractivity contribution in [3.05, 3.63) is 35.4 Å². The Labute approximate surface area is 147 Å². The molecule has 3 heteroatoms. The number of hydrogen-bond acceptors (Lipinski definition) is 2. The maximum atomic E-state index is 10.6. The molecule has 0 bridgehead atoms. The Bertz CT molecular complexity index is 467. The van der Waals surface area contributed by atoms with Gasteiger partial charge in [-0.2, -0.15) is 0 Å². The van der Waals surface area contributed by atoms with Crippen molar-refractivity contribution >= 4 is 5.97 Å². The zero-order valence-corrected chi connectivity index (χ0v) is 15.6. The summed E-state index contributed by atoms with van der Waals surface area (Å²) in [6, 6.07) is 8.76. The van der Waals surface area contributed by atoms with Gasteiger partial charge in [0.15, 0.2) is 0 Å². The Kier molecular flexibility index (Phi) is 9.70. The highest BCUT2D eigenvalue weighted by Gasteiger charge is 2.20. The summed E-state index contributed by atoms with van der Waals surface area (Å²) >= 11 is 0. The van der Waals surface area contributed by atoms with Crippen molar-refractivity contribution in [2.24, 2.45) is 23.5 Å². The number of hydrogen-bond donors (Lipinski definition) is 2.